The Hall–Kier alpha value is -2.23. The lowest BCUT2D eigenvalue weighted by molar-refractivity contribution is -0.274. The number of aromatic nitrogens is 2. The van der Waals surface area contributed by atoms with Crippen molar-refractivity contribution in [1.82, 2.24) is 9.19 Å². The van der Waals surface area contributed by atoms with Crippen LogP contribution in [-0.2, 0) is 10.0 Å². The van der Waals surface area contributed by atoms with Gasteiger partial charge in [0.2, 0.25) is 0 Å². The van der Waals surface area contributed by atoms with Crippen LogP contribution < -0.4 is 10.5 Å². The van der Waals surface area contributed by atoms with Gasteiger partial charge in [0.1, 0.15) is 5.75 Å². The lowest BCUT2D eigenvalue weighted by Gasteiger charge is -2.10. The first-order valence-corrected chi connectivity index (χ1v) is 7.67. The van der Waals surface area contributed by atoms with Crippen molar-refractivity contribution in [2.24, 2.45) is 0 Å². The summed E-state index contributed by atoms with van der Waals surface area (Å²) in [6.07, 6.45) is -2.30. The van der Waals surface area contributed by atoms with Crippen molar-refractivity contribution >= 4 is 15.7 Å². The Balaban J connectivity index is 2.35. The maximum Gasteiger partial charge on any atom is 0.573 e. The molecule has 2 rings (SSSR count). The van der Waals surface area contributed by atoms with E-state index in [4.69, 9.17) is 5.73 Å². The fourth-order valence-electron chi connectivity index (χ4n) is 1.73. The Morgan fingerprint density at radius 2 is 2.05 bits per heavy atom. The molecule has 0 fully saturated rings. The molecule has 0 saturated heterocycles. The van der Waals surface area contributed by atoms with Gasteiger partial charge in [0, 0.05) is 22.9 Å². The maximum absolute atomic E-state index is 12.1. The van der Waals surface area contributed by atoms with Gasteiger partial charge in [0.15, 0.2) is 0 Å². The van der Waals surface area contributed by atoms with Gasteiger partial charge in [-0.05, 0) is 19.1 Å². The second kappa shape index (κ2) is 5.52. The van der Waals surface area contributed by atoms with Crippen LogP contribution in [0.3, 0.4) is 0 Å². The van der Waals surface area contributed by atoms with Gasteiger partial charge in [-0.2, -0.15) is 9.19 Å². The van der Waals surface area contributed by atoms with E-state index in [-0.39, 0.29) is 11.4 Å². The Labute approximate surface area is 124 Å². The van der Waals surface area contributed by atoms with Crippen LogP contribution >= 0.6 is 0 Å². The summed E-state index contributed by atoms with van der Waals surface area (Å²) in [5.41, 5.74) is 6.42. The zero-order valence-electron chi connectivity index (χ0n) is 11.3. The summed E-state index contributed by atoms with van der Waals surface area (Å²) in [6, 6.07) is 3.40. The van der Waals surface area contributed by atoms with E-state index in [0.29, 0.717) is 11.1 Å². The van der Waals surface area contributed by atoms with E-state index in [1.807, 2.05) is 0 Å². The Bertz CT molecular complexity index is 784. The number of hydrogen-bond donors (Lipinski definition) is 1. The highest BCUT2D eigenvalue weighted by Gasteiger charge is 2.31. The largest absolute Gasteiger partial charge is 0.573 e. The zero-order valence-corrected chi connectivity index (χ0v) is 12.1. The van der Waals surface area contributed by atoms with E-state index in [2.05, 4.69) is 9.84 Å². The molecular formula is C12H12F3N3O3S. The van der Waals surface area contributed by atoms with Crippen LogP contribution in [0, 0.1) is 0 Å². The fourth-order valence-corrected chi connectivity index (χ4v) is 2.46. The molecule has 10 heteroatoms. The summed E-state index contributed by atoms with van der Waals surface area (Å²) >= 11 is 0. The molecule has 0 spiro atoms. The second-order valence-corrected chi connectivity index (χ2v) is 6.41. The van der Waals surface area contributed by atoms with Crippen LogP contribution in [-0.4, -0.2) is 29.7 Å². The molecule has 0 amide bonds. The highest BCUT2D eigenvalue weighted by Crippen LogP contribution is 2.31. The standard InChI is InChI=1S/C12H12F3N3O3S/c1-2-22(19,20)18-7-8(6-17-18)10-4-3-9(5-11(10)16)21-12(13,14)15/h3-7H,2,16H2,1H3. The Morgan fingerprint density at radius 3 is 2.59 bits per heavy atom. The lowest BCUT2D eigenvalue weighted by Crippen LogP contribution is -2.17. The van der Waals surface area contributed by atoms with Crippen LogP contribution in [0.15, 0.2) is 30.6 Å². The van der Waals surface area contributed by atoms with Crippen LogP contribution in [0.2, 0.25) is 0 Å². The normalized spacial score (nSPS) is 12.4. The molecule has 1 aromatic carbocycles. The number of nitrogens with two attached hydrogens (primary N) is 1. The maximum atomic E-state index is 12.1. The average Bonchev–Trinajstić information content (AvgIpc) is 2.87. The van der Waals surface area contributed by atoms with Crippen molar-refractivity contribution in [2.75, 3.05) is 11.5 Å². The third-order valence-corrected chi connectivity index (χ3v) is 4.28. The number of ether oxygens (including phenoxy) is 1. The summed E-state index contributed by atoms with van der Waals surface area (Å²) in [6.45, 7) is 1.47. The predicted molar refractivity (Wildman–Crippen MR) is 73.6 cm³/mol. The number of rotatable bonds is 4. The molecule has 0 aliphatic carbocycles. The average molecular weight is 335 g/mol. The molecule has 22 heavy (non-hydrogen) atoms. The zero-order chi connectivity index (χ0) is 16.5. The summed E-state index contributed by atoms with van der Waals surface area (Å²) in [4.78, 5) is 0. The molecule has 2 aromatic rings. The van der Waals surface area contributed by atoms with Gasteiger partial charge in [-0.25, -0.2) is 8.42 Å². The number of hydrogen-bond acceptors (Lipinski definition) is 5. The first kappa shape index (κ1) is 16.1. The minimum atomic E-state index is -4.81. The Kier molecular flexibility index (Phi) is 4.05. The van der Waals surface area contributed by atoms with Crippen LogP contribution in [0.4, 0.5) is 18.9 Å². The second-order valence-electron chi connectivity index (χ2n) is 4.30. The summed E-state index contributed by atoms with van der Waals surface area (Å²) in [7, 11) is -3.54. The van der Waals surface area contributed by atoms with Crippen molar-refractivity contribution in [2.45, 2.75) is 13.3 Å². The molecule has 2 N–H and O–H groups in total. The van der Waals surface area contributed by atoms with Gasteiger partial charge in [-0.3, -0.25) is 0 Å². The molecule has 0 aliphatic rings. The number of alkyl halides is 3. The summed E-state index contributed by atoms with van der Waals surface area (Å²) in [5, 5.41) is 3.72. The van der Waals surface area contributed by atoms with Gasteiger partial charge in [-0.1, -0.05) is 0 Å². The molecule has 1 aromatic heterocycles. The first-order valence-electron chi connectivity index (χ1n) is 6.06. The Morgan fingerprint density at radius 1 is 1.36 bits per heavy atom. The lowest BCUT2D eigenvalue weighted by atomic mass is 10.1. The van der Waals surface area contributed by atoms with Gasteiger partial charge in [0.05, 0.1) is 18.1 Å². The molecule has 0 bridgehead atoms. The third kappa shape index (κ3) is 3.50. The van der Waals surface area contributed by atoms with Crippen molar-refractivity contribution in [3.8, 4) is 16.9 Å². The topological polar surface area (TPSA) is 87.2 Å². The minimum Gasteiger partial charge on any atom is -0.406 e. The molecular weight excluding hydrogens is 323 g/mol. The van der Waals surface area contributed by atoms with Gasteiger partial charge in [0.25, 0.3) is 10.0 Å². The van der Waals surface area contributed by atoms with Crippen molar-refractivity contribution in [3.63, 3.8) is 0 Å². The SMILES string of the molecule is CCS(=O)(=O)n1cc(-c2ccc(OC(F)(F)F)cc2N)cn1. The van der Waals surface area contributed by atoms with Crippen molar-refractivity contribution < 1.29 is 26.3 Å². The van der Waals surface area contributed by atoms with Crippen molar-refractivity contribution in [1.29, 1.82) is 0 Å². The van der Waals surface area contributed by atoms with Crippen LogP contribution in [0.25, 0.3) is 11.1 Å². The summed E-state index contributed by atoms with van der Waals surface area (Å²) in [5.74, 6) is -0.593. The van der Waals surface area contributed by atoms with E-state index >= 15 is 0 Å². The van der Waals surface area contributed by atoms with E-state index in [1.54, 1.807) is 0 Å². The smallest absolute Gasteiger partial charge is 0.406 e. The molecule has 1 heterocycles. The molecule has 0 unspecified atom stereocenters. The minimum absolute atomic E-state index is 0.00944. The number of halogens is 3. The highest BCUT2D eigenvalue weighted by atomic mass is 32.2. The first-order chi connectivity index (χ1) is 10.1. The van der Waals surface area contributed by atoms with E-state index in [9.17, 15) is 21.6 Å². The predicted octanol–water partition coefficient (Wildman–Crippen LogP) is 2.23. The van der Waals surface area contributed by atoms with Gasteiger partial charge >= 0.3 is 6.36 Å². The van der Waals surface area contributed by atoms with Gasteiger partial charge in [-0.15, -0.1) is 13.2 Å². The molecule has 0 aliphatic heterocycles. The molecule has 0 saturated carbocycles. The number of nitrogens with zero attached hydrogens (tertiary/aromatic N) is 2. The van der Waals surface area contributed by atoms with Crippen LogP contribution in [0.5, 0.6) is 5.75 Å². The molecule has 0 radical (unpaired) electrons. The summed E-state index contributed by atoms with van der Waals surface area (Å²) < 4.78 is 64.3. The van der Waals surface area contributed by atoms with E-state index < -0.39 is 22.1 Å². The molecule has 120 valence electrons. The number of nitrogen functional groups attached to an aromatic ring is 1. The number of anilines is 1. The number of benzene rings is 1. The monoisotopic (exact) mass is 335 g/mol. The van der Waals surface area contributed by atoms with E-state index in [1.165, 1.54) is 25.4 Å². The molecule has 6 nitrogen and oxygen atoms in total. The van der Waals surface area contributed by atoms with Crippen LogP contribution in [0.1, 0.15) is 6.92 Å². The van der Waals surface area contributed by atoms with E-state index in [0.717, 1.165) is 16.2 Å². The van der Waals surface area contributed by atoms with Gasteiger partial charge < -0.3 is 10.5 Å². The quantitative estimate of drug-likeness (QED) is 0.866. The highest BCUT2D eigenvalue weighted by molar-refractivity contribution is 7.89. The third-order valence-electron chi connectivity index (χ3n) is 2.78. The molecule has 0 atom stereocenters. The fraction of sp³-hybridized carbons (Fsp3) is 0.250. The van der Waals surface area contributed by atoms with Crippen molar-refractivity contribution in [3.05, 3.63) is 30.6 Å².